The van der Waals surface area contributed by atoms with E-state index in [1.54, 1.807) is 0 Å². The first-order chi connectivity index (χ1) is 9.92. The van der Waals surface area contributed by atoms with Gasteiger partial charge in [-0.3, -0.25) is 0 Å². The van der Waals surface area contributed by atoms with Crippen molar-refractivity contribution in [1.29, 1.82) is 0 Å². The summed E-state index contributed by atoms with van der Waals surface area (Å²) in [5.41, 5.74) is -6.66. The van der Waals surface area contributed by atoms with Crippen LogP contribution >= 0.6 is 0 Å². The summed E-state index contributed by atoms with van der Waals surface area (Å²) in [7, 11) is -5.90. The first-order valence-corrected chi connectivity index (χ1v) is 6.93. The zero-order valence-electron chi connectivity index (χ0n) is 10.4. The van der Waals surface area contributed by atoms with Gasteiger partial charge in [0.1, 0.15) is 0 Å². The van der Waals surface area contributed by atoms with E-state index in [0.29, 0.717) is 12.1 Å². The summed E-state index contributed by atoms with van der Waals surface area (Å²) < 4.78 is 100. The molecule has 0 saturated heterocycles. The second kappa shape index (κ2) is 5.04. The summed E-state index contributed by atoms with van der Waals surface area (Å²) in [6.07, 6.45) is -4.64. The third-order valence-corrected chi connectivity index (χ3v) is 3.62. The minimum absolute atomic E-state index is 0.107. The molecule has 0 atom stereocenters. The Morgan fingerprint density at radius 3 is 2.09 bits per heavy atom. The maximum Gasteiger partial charge on any atom is 0.534 e. The Morgan fingerprint density at radius 1 is 0.909 bits per heavy atom. The molecule has 0 heterocycles. The fourth-order valence-corrected chi connectivity index (χ4v) is 2.14. The van der Waals surface area contributed by atoms with E-state index in [2.05, 4.69) is 4.18 Å². The van der Waals surface area contributed by atoms with E-state index < -0.39 is 33.1 Å². The van der Waals surface area contributed by atoms with Crippen molar-refractivity contribution in [1.82, 2.24) is 0 Å². The van der Waals surface area contributed by atoms with Crippen LogP contribution in [0.4, 0.5) is 26.3 Å². The summed E-state index contributed by atoms with van der Waals surface area (Å²) in [6.45, 7) is 0. The van der Waals surface area contributed by atoms with Crippen LogP contribution in [0.3, 0.4) is 0 Å². The van der Waals surface area contributed by atoms with E-state index in [1.165, 1.54) is 6.07 Å². The highest BCUT2D eigenvalue weighted by molar-refractivity contribution is 7.88. The van der Waals surface area contributed by atoms with Crippen molar-refractivity contribution in [2.45, 2.75) is 11.7 Å². The van der Waals surface area contributed by atoms with Crippen LogP contribution in [0.1, 0.15) is 5.56 Å². The van der Waals surface area contributed by atoms with Crippen LogP contribution in [0.2, 0.25) is 0 Å². The Hall–Kier alpha value is -1.97. The molecule has 0 aromatic heterocycles. The van der Waals surface area contributed by atoms with Gasteiger partial charge in [0.25, 0.3) is 0 Å². The highest BCUT2D eigenvalue weighted by atomic mass is 32.2. The number of hydrogen-bond donors (Lipinski definition) is 0. The van der Waals surface area contributed by atoms with Crippen molar-refractivity contribution in [3.8, 4) is 5.75 Å². The standard InChI is InChI=1S/C12H6F6O3S/c13-11(14,15)8-4-5-9-7(6-8)2-1-3-10(9)21-22(19,20)12(16,17)18/h1-6H. The van der Waals surface area contributed by atoms with Gasteiger partial charge in [-0.1, -0.05) is 12.1 Å². The summed E-state index contributed by atoms with van der Waals surface area (Å²) in [4.78, 5) is 0. The largest absolute Gasteiger partial charge is 0.534 e. The molecule has 0 saturated carbocycles. The number of fused-ring (bicyclic) bond motifs is 1. The lowest BCUT2D eigenvalue weighted by Crippen LogP contribution is -2.28. The smallest absolute Gasteiger partial charge is 0.375 e. The van der Waals surface area contributed by atoms with E-state index in [9.17, 15) is 34.8 Å². The van der Waals surface area contributed by atoms with Gasteiger partial charge in [-0.05, 0) is 29.7 Å². The van der Waals surface area contributed by atoms with E-state index in [1.807, 2.05) is 0 Å². The minimum Gasteiger partial charge on any atom is -0.375 e. The number of halogens is 6. The fourth-order valence-electron chi connectivity index (χ4n) is 1.67. The Labute approximate surface area is 120 Å². The van der Waals surface area contributed by atoms with Crippen molar-refractivity contribution in [2.75, 3.05) is 0 Å². The first kappa shape index (κ1) is 16.4. The van der Waals surface area contributed by atoms with E-state index in [4.69, 9.17) is 0 Å². The Balaban J connectivity index is 2.54. The molecular weight excluding hydrogens is 338 g/mol. The molecule has 0 N–H and O–H groups in total. The third-order valence-electron chi connectivity index (χ3n) is 2.65. The first-order valence-electron chi connectivity index (χ1n) is 5.52. The second-order valence-electron chi connectivity index (χ2n) is 4.17. The normalized spacial score (nSPS) is 13.4. The molecule has 0 aliphatic heterocycles. The lowest BCUT2D eigenvalue weighted by atomic mass is 10.1. The van der Waals surface area contributed by atoms with Crippen LogP contribution in [0.15, 0.2) is 36.4 Å². The molecule has 0 unspecified atom stereocenters. The van der Waals surface area contributed by atoms with E-state index in [-0.39, 0.29) is 10.8 Å². The molecule has 0 amide bonds. The molecule has 0 bridgehead atoms. The molecule has 2 rings (SSSR count). The highest BCUT2D eigenvalue weighted by Gasteiger charge is 2.48. The molecule has 0 aliphatic carbocycles. The van der Waals surface area contributed by atoms with Gasteiger partial charge in [-0.25, -0.2) is 0 Å². The van der Waals surface area contributed by atoms with Gasteiger partial charge in [0, 0.05) is 5.39 Å². The van der Waals surface area contributed by atoms with Gasteiger partial charge in [0.2, 0.25) is 0 Å². The van der Waals surface area contributed by atoms with Gasteiger partial charge < -0.3 is 4.18 Å². The van der Waals surface area contributed by atoms with Crippen LogP contribution in [-0.2, 0) is 16.3 Å². The molecule has 120 valence electrons. The van der Waals surface area contributed by atoms with E-state index >= 15 is 0 Å². The average Bonchev–Trinajstić information content (AvgIpc) is 2.35. The van der Waals surface area contributed by atoms with Gasteiger partial charge >= 0.3 is 21.8 Å². The van der Waals surface area contributed by atoms with Crippen molar-refractivity contribution in [2.24, 2.45) is 0 Å². The third kappa shape index (κ3) is 3.11. The molecule has 0 spiro atoms. The number of benzene rings is 2. The quantitative estimate of drug-likeness (QED) is 0.468. The van der Waals surface area contributed by atoms with Crippen molar-refractivity contribution in [3.05, 3.63) is 42.0 Å². The molecule has 2 aromatic rings. The average molecular weight is 344 g/mol. The predicted octanol–water partition coefficient (Wildman–Crippen LogP) is 4.09. The number of rotatable bonds is 2. The highest BCUT2D eigenvalue weighted by Crippen LogP contribution is 2.35. The van der Waals surface area contributed by atoms with Crippen LogP contribution in [-0.4, -0.2) is 13.9 Å². The maximum absolute atomic E-state index is 12.6. The topological polar surface area (TPSA) is 43.4 Å². The van der Waals surface area contributed by atoms with Crippen molar-refractivity contribution < 1.29 is 38.9 Å². The van der Waals surface area contributed by atoms with Gasteiger partial charge in [-0.2, -0.15) is 34.8 Å². The molecule has 0 radical (unpaired) electrons. The molecule has 2 aromatic carbocycles. The summed E-state index contributed by atoms with van der Waals surface area (Å²) in [6, 6.07) is 5.34. The number of hydrogen-bond acceptors (Lipinski definition) is 3. The molecule has 3 nitrogen and oxygen atoms in total. The van der Waals surface area contributed by atoms with Crippen LogP contribution in [0, 0.1) is 0 Å². The van der Waals surface area contributed by atoms with Gasteiger partial charge in [-0.15, -0.1) is 0 Å². The number of alkyl halides is 6. The summed E-state index contributed by atoms with van der Waals surface area (Å²) >= 11 is 0. The monoisotopic (exact) mass is 344 g/mol. The molecule has 0 fully saturated rings. The molecule has 10 heteroatoms. The summed E-state index contributed by atoms with van der Waals surface area (Å²) in [5, 5.41) is -0.298. The zero-order chi connectivity index (χ0) is 16.8. The SMILES string of the molecule is O=S(=O)(Oc1cccc2cc(C(F)(F)F)ccc12)C(F)(F)F. The van der Waals surface area contributed by atoms with Crippen molar-refractivity contribution in [3.63, 3.8) is 0 Å². The van der Waals surface area contributed by atoms with E-state index in [0.717, 1.165) is 18.2 Å². The molecule has 22 heavy (non-hydrogen) atoms. The van der Waals surface area contributed by atoms with Crippen LogP contribution in [0.25, 0.3) is 10.8 Å². The Kier molecular flexibility index (Phi) is 3.76. The molecular formula is C12H6F6O3S. The molecule has 0 aliphatic rings. The van der Waals surface area contributed by atoms with Crippen LogP contribution in [0.5, 0.6) is 5.75 Å². The second-order valence-corrected chi connectivity index (χ2v) is 5.71. The maximum atomic E-state index is 12.6. The Bertz CT molecular complexity index is 808. The Morgan fingerprint density at radius 2 is 1.55 bits per heavy atom. The lowest BCUT2D eigenvalue weighted by Gasteiger charge is -2.12. The predicted molar refractivity (Wildman–Crippen MR) is 64.6 cm³/mol. The lowest BCUT2D eigenvalue weighted by molar-refractivity contribution is -0.137. The zero-order valence-corrected chi connectivity index (χ0v) is 11.2. The van der Waals surface area contributed by atoms with Crippen molar-refractivity contribution >= 4 is 20.9 Å². The minimum atomic E-state index is -5.90. The van der Waals surface area contributed by atoms with Crippen LogP contribution < -0.4 is 4.18 Å². The van der Waals surface area contributed by atoms with Gasteiger partial charge in [0.05, 0.1) is 5.56 Å². The fraction of sp³-hybridized carbons (Fsp3) is 0.167. The summed E-state index contributed by atoms with van der Waals surface area (Å²) in [5.74, 6) is -0.705. The van der Waals surface area contributed by atoms with Gasteiger partial charge in [0.15, 0.2) is 5.75 Å².